The first kappa shape index (κ1) is 14.5. The molecule has 0 atom stereocenters. The zero-order valence-corrected chi connectivity index (χ0v) is 12.7. The number of ether oxygens (including phenoxy) is 1. The summed E-state index contributed by atoms with van der Waals surface area (Å²) in [6, 6.07) is 6.33. The fourth-order valence-electron chi connectivity index (χ4n) is 1.57. The minimum Gasteiger partial charge on any atom is -0.383 e. The molecular weight excluding hydrogens is 278 g/mol. The van der Waals surface area contributed by atoms with Gasteiger partial charge in [0.1, 0.15) is 0 Å². The third kappa shape index (κ3) is 5.55. The molecule has 0 spiro atoms. The number of hydrogen-bond donors (Lipinski definition) is 1. The highest BCUT2D eigenvalue weighted by Crippen LogP contribution is 2.21. The summed E-state index contributed by atoms with van der Waals surface area (Å²) in [7, 11) is 0. The van der Waals surface area contributed by atoms with Crippen molar-refractivity contribution in [2.75, 3.05) is 18.5 Å². The summed E-state index contributed by atoms with van der Waals surface area (Å²) in [6.45, 7) is 9.95. The molecule has 1 N–H and O–H groups in total. The van der Waals surface area contributed by atoms with E-state index in [1.807, 2.05) is 0 Å². The van der Waals surface area contributed by atoms with Crippen LogP contribution in [-0.2, 0) is 11.2 Å². The molecule has 0 saturated heterocycles. The van der Waals surface area contributed by atoms with Crippen LogP contribution >= 0.6 is 15.9 Å². The Balaban J connectivity index is 2.46. The molecule has 0 unspecified atom stereocenters. The molecule has 3 heteroatoms. The summed E-state index contributed by atoms with van der Waals surface area (Å²) in [5.74, 6) is 0. The summed E-state index contributed by atoms with van der Waals surface area (Å²) in [5.41, 5.74) is 2.47. The number of rotatable bonds is 5. The van der Waals surface area contributed by atoms with Crippen molar-refractivity contribution in [2.45, 2.75) is 39.7 Å². The van der Waals surface area contributed by atoms with Gasteiger partial charge in [-0.05, 0) is 51.0 Å². The topological polar surface area (TPSA) is 21.3 Å². The van der Waals surface area contributed by atoms with Crippen molar-refractivity contribution in [3.63, 3.8) is 0 Å². The standard InChI is InChI=1S/C14H22BrNO/c1-5-11-10-12(15)6-7-13(11)16-8-9-17-14(2,3)4/h6-7,10,16H,5,8-9H2,1-4H3. The van der Waals surface area contributed by atoms with E-state index >= 15 is 0 Å². The van der Waals surface area contributed by atoms with E-state index in [-0.39, 0.29) is 5.60 Å². The number of benzene rings is 1. The highest BCUT2D eigenvalue weighted by Gasteiger charge is 2.09. The molecule has 0 aromatic heterocycles. The zero-order valence-electron chi connectivity index (χ0n) is 11.1. The smallest absolute Gasteiger partial charge is 0.0646 e. The zero-order chi connectivity index (χ0) is 12.9. The van der Waals surface area contributed by atoms with Crippen LogP contribution in [0, 0.1) is 0 Å². The minimum absolute atomic E-state index is 0.0605. The van der Waals surface area contributed by atoms with Crippen LogP contribution in [0.5, 0.6) is 0 Å². The minimum atomic E-state index is -0.0605. The SMILES string of the molecule is CCc1cc(Br)ccc1NCCOC(C)(C)C. The van der Waals surface area contributed by atoms with Crippen molar-refractivity contribution >= 4 is 21.6 Å². The van der Waals surface area contributed by atoms with E-state index in [4.69, 9.17) is 4.74 Å². The van der Waals surface area contributed by atoms with Crippen molar-refractivity contribution in [1.82, 2.24) is 0 Å². The van der Waals surface area contributed by atoms with E-state index in [2.05, 4.69) is 67.1 Å². The summed E-state index contributed by atoms with van der Waals surface area (Å²) in [5, 5.41) is 3.42. The van der Waals surface area contributed by atoms with Crippen molar-refractivity contribution in [3.05, 3.63) is 28.2 Å². The van der Waals surface area contributed by atoms with E-state index < -0.39 is 0 Å². The fourth-order valence-corrected chi connectivity index (χ4v) is 1.98. The van der Waals surface area contributed by atoms with E-state index in [0.29, 0.717) is 0 Å². The lowest BCUT2D eigenvalue weighted by Gasteiger charge is -2.20. The van der Waals surface area contributed by atoms with Crippen LogP contribution in [0.2, 0.25) is 0 Å². The first-order chi connectivity index (χ1) is 7.92. The van der Waals surface area contributed by atoms with E-state index in [9.17, 15) is 0 Å². The summed E-state index contributed by atoms with van der Waals surface area (Å²) in [4.78, 5) is 0. The Labute approximate surface area is 113 Å². The van der Waals surface area contributed by atoms with Crippen molar-refractivity contribution in [1.29, 1.82) is 0 Å². The molecule has 0 aliphatic carbocycles. The molecule has 0 saturated carbocycles. The van der Waals surface area contributed by atoms with Gasteiger partial charge in [-0.2, -0.15) is 0 Å². The lowest BCUT2D eigenvalue weighted by atomic mass is 10.1. The van der Waals surface area contributed by atoms with Gasteiger partial charge in [0.2, 0.25) is 0 Å². The summed E-state index contributed by atoms with van der Waals surface area (Å²) >= 11 is 3.49. The van der Waals surface area contributed by atoms with Gasteiger partial charge in [-0.1, -0.05) is 22.9 Å². The lowest BCUT2D eigenvalue weighted by Crippen LogP contribution is -2.23. The van der Waals surface area contributed by atoms with Crippen LogP contribution in [0.4, 0.5) is 5.69 Å². The van der Waals surface area contributed by atoms with Crippen LogP contribution in [0.15, 0.2) is 22.7 Å². The fraction of sp³-hybridized carbons (Fsp3) is 0.571. The Kier molecular flexibility index (Phi) is 5.47. The predicted octanol–water partition coefficient (Wildman–Crippen LogP) is 4.24. The number of aryl methyl sites for hydroxylation is 1. The van der Waals surface area contributed by atoms with Gasteiger partial charge in [-0.15, -0.1) is 0 Å². The molecule has 0 heterocycles. The van der Waals surface area contributed by atoms with Crippen LogP contribution in [0.3, 0.4) is 0 Å². The second-order valence-electron chi connectivity index (χ2n) is 5.04. The van der Waals surface area contributed by atoms with Crippen molar-refractivity contribution in [3.8, 4) is 0 Å². The van der Waals surface area contributed by atoms with Gasteiger partial charge in [0.25, 0.3) is 0 Å². The molecule has 0 radical (unpaired) electrons. The third-order valence-corrected chi connectivity index (χ3v) is 2.89. The molecule has 0 fully saturated rings. The largest absolute Gasteiger partial charge is 0.383 e. The van der Waals surface area contributed by atoms with Gasteiger partial charge < -0.3 is 10.1 Å². The molecule has 0 aliphatic heterocycles. The Morgan fingerprint density at radius 1 is 1.29 bits per heavy atom. The molecule has 17 heavy (non-hydrogen) atoms. The summed E-state index contributed by atoms with van der Waals surface area (Å²) in [6.07, 6.45) is 1.03. The van der Waals surface area contributed by atoms with Crippen LogP contribution in [-0.4, -0.2) is 18.8 Å². The van der Waals surface area contributed by atoms with Gasteiger partial charge in [0.05, 0.1) is 12.2 Å². The molecule has 0 aliphatic rings. The molecule has 96 valence electrons. The highest BCUT2D eigenvalue weighted by molar-refractivity contribution is 9.10. The number of nitrogens with one attached hydrogen (secondary N) is 1. The second kappa shape index (κ2) is 6.41. The average molecular weight is 300 g/mol. The first-order valence-corrected chi connectivity index (χ1v) is 6.88. The number of halogens is 1. The normalized spacial score (nSPS) is 11.6. The maximum absolute atomic E-state index is 5.68. The third-order valence-electron chi connectivity index (χ3n) is 2.40. The van der Waals surface area contributed by atoms with Crippen molar-refractivity contribution in [2.24, 2.45) is 0 Å². The maximum Gasteiger partial charge on any atom is 0.0646 e. The predicted molar refractivity (Wildman–Crippen MR) is 77.7 cm³/mol. The summed E-state index contributed by atoms with van der Waals surface area (Å²) < 4.78 is 6.81. The monoisotopic (exact) mass is 299 g/mol. The van der Waals surface area contributed by atoms with Gasteiger partial charge in [-0.25, -0.2) is 0 Å². The molecule has 1 rings (SSSR count). The molecular formula is C14H22BrNO. The quantitative estimate of drug-likeness (QED) is 0.821. The average Bonchev–Trinajstić information content (AvgIpc) is 2.24. The first-order valence-electron chi connectivity index (χ1n) is 6.08. The number of anilines is 1. The van der Waals surface area contributed by atoms with Crippen LogP contribution in [0.25, 0.3) is 0 Å². The Morgan fingerprint density at radius 2 is 2.00 bits per heavy atom. The van der Waals surface area contributed by atoms with E-state index in [1.165, 1.54) is 11.3 Å². The van der Waals surface area contributed by atoms with Gasteiger partial charge in [0, 0.05) is 16.7 Å². The van der Waals surface area contributed by atoms with Crippen LogP contribution < -0.4 is 5.32 Å². The van der Waals surface area contributed by atoms with Crippen LogP contribution in [0.1, 0.15) is 33.3 Å². The maximum atomic E-state index is 5.68. The molecule has 1 aromatic carbocycles. The molecule has 2 nitrogen and oxygen atoms in total. The highest BCUT2D eigenvalue weighted by atomic mass is 79.9. The Morgan fingerprint density at radius 3 is 2.59 bits per heavy atom. The number of hydrogen-bond acceptors (Lipinski definition) is 2. The van der Waals surface area contributed by atoms with Gasteiger partial charge in [-0.3, -0.25) is 0 Å². The Bertz CT molecular complexity index is 358. The molecule has 0 amide bonds. The van der Waals surface area contributed by atoms with Gasteiger partial charge >= 0.3 is 0 Å². The van der Waals surface area contributed by atoms with E-state index in [1.54, 1.807) is 0 Å². The Hall–Kier alpha value is -0.540. The lowest BCUT2D eigenvalue weighted by molar-refractivity contribution is 0.00333. The second-order valence-corrected chi connectivity index (χ2v) is 5.96. The van der Waals surface area contributed by atoms with Crippen molar-refractivity contribution < 1.29 is 4.74 Å². The molecule has 1 aromatic rings. The molecule has 0 bridgehead atoms. The van der Waals surface area contributed by atoms with E-state index in [0.717, 1.165) is 24.0 Å². The van der Waals surface area contributed by atoms with Gasteiger partial charge in [0.15, 0.2) is 0 Å².